The molecule has 1 aliphatic carbocycles. The van der Waals surface area contributed by atoms with Crippen LogP contribution in [0.25, 0.3) is 0 Å². The summed E-state index contributed by atoms with van der Waals surface area (Å²) in [6.07, 6.45) is 5.77. The Labute approximate surface area is 154 Å². The molecule has 7 heteroatoms. The summed E-state index contributed by atoms with van der Waals surface area (Å²) in [5.74, 6) is 0. The largest absolute Gasteiger partial charge is 0.444 e. The van der Waals surface area contributed by atoms with E-state index < -0.39 is 23.3 Å². The zero-order valence-corrected chi connectivity index (χ0v) is 15.7. The van der Waals surface area contributed by atoms with E-state index >= 15 is 0 Å². The van der Waals surface area contributed by atoms with E-state index in [0.717, 1.165) is 24.8 Å². The Kier molecular flexibility index (Phi) is 5.12. The van der Waals surface area contributed by atoms with Crippen molar-refractivity contribution in [3.8, 4) is 0 Å². The van der Waals surface area contributed by atoms with Gasteiger partial charge in [-0.3, -0.25) is 4.98 Å². The van der Waals surface area contributed by atoms with Gasteiger partial charge in [0, 0.05) is 18.2 Å². The number of nitrogens with two attached hydrogens (primary N) is 1. The summed E-state index contributed by atoms with van der Waals surface area (Å²) in [6, 6.07) is 1.37. The predicted octanol–water partition coefficient (Wildman–Crippen LogP) is 2.69. The number of aromatic nitrogens is 1. The van der Waals surface area contributed by atoms with Crippen molar-refractivity contribution in [1.29, 1.82) is 0 Å². The van der Waals surface area contributed by atoms with Crippen molar-refractivity contribution in [3.05, 3.63) is 24.0 Å². The van der Waals surface area contributed by atoms with Crippen LogP contribution in [0.15, 0.2) is 18.5 Å². The second-order valence-electron chi connectivity index (χ2n) is 8.29. The van der Waals surface area contributed by atoms with Crippen molar-refractivity contribution in [3.63, 3.8) is 0 Å². The van der Waals surface area contributed by atoms with Crippen molar-refractivity contribution < 1.29 is 19.4 Å². The van der Waals surface area contributed by atoms with Gasteiger partial charge in [0.25, 0.3) is 0 Å². The Morgan fingerprint density at radius 1 is 1.46 bits per heavy atom. The van der Waals surface area contributed by atoms with Gasteiger partial charge in [0.05, 0.1) is 30.1 Å². The third kappa shape index (κ3) is 3.94. The molecule has 2 aliphatic rings. The summed E-state index contributed by atoms with van der Waals surface area (Å²) in [7, 11) is 0. The molecule has 7 nitrogen and oxygen atoms in total. The maximum atomic E-state index is 12.3. The molecule has 0 aromatic carbocycles. The van der Waals surface area contributed by atoms with E-state index in [1.54, 1.807) is 12.4 Å². The maximum absolute atomic E-state index is 12.3. The highest BCUT2D eigenvalue weighted by atomic mass is 16.6. The number of hydrogen-bond acceptors (Lipinski definition) is 6. The molecule has 144 valence electrons. The Balaban J connectivity index is 1.83. The molecule has 1 saturated heterocycles. The van der Waals surface area contributed by atoms with Crippen LogP contribution < -0.4 is 11.1 Å². The van der Waals surface area contributed by atoms with Gasteiger partial charge in [-0.1, -0.05) is 12.8 Å². The minimum absolute atomic E-state index is 0.304. The molecule has 3 rings (SSSR count). The lowest BCUT2D eigenvalue weighted by Gasteiger charge is -2.51. The molecular formula is C19H29N3O4. The SMILES string of the molecule is CC(C)(C)OC(=O)N[C@@H]1C[C@H](c2ccncc2N)O[C@@H]2CCCC[C@]12O. The number of nitrogens with one attached hydrogen (secondary N) is 1. The Morgan fingerprint density at radius 3 is 2.92 bits per heavy atom. The lowest BCUT2D eigenvalue weighted by molar-refractivity contribution is -0.207. The van der Waals surface area contributed by atoms with Crippen molar-refractivity contribution in [2.75, 3.05) is 5.73 Å². The Bertz CT molecular complexity index is 660. The molecule has 0 bridgehead atoms. The van der Waals surface area contributed by atoms with Gasteiger partial charge in [0.15, 0.2) is 0 Å². The number of carbonyl (C=O) groups excluding carboxylic acids is 1. The molecule has 0 spiro atoms. The predicted molar refractivity (Wildman–Crippen MR) is 97.5 cm³/mol. The van der Waals surface area contributed by atoms with Crippen molar-refractivity contribution in [2.45, 2.75) is 82.3 Å². The number of rotatable bonds is 2. The van der Waals surface area contributed by atoms with Crippen LogP contribution in [-0.4, -0.2) is 39.5 Å². The van der Waals surface area contributed by atoms with Gasteiger partial charge in [-0.15, -0.1) is 0 Å². The van der Waals surface area contributed by atoms with Crippen LogP contribution in [0.4, 0.5) is 10.5 Å². The first kappa shape index (κ1) is 18.9. The minimum Gasteiger partial charge on any atom is -0.444 e. The number of anilines is 1. The highest BCUT2D eigenvalue weighted by molar-refractivity contribution is 5.68. The number of nitrogen functional groups attached to an aromatic ring is 1. The standard InChI is InChI=1S/C19H29N3O4/c1-18(2,3)26-17(23)22-15-10-14(12-7-9-21-11-13(12)20)25-16-6-4-5-8-19(15,16)24/h7,9,11,14-16,24H,4-6,8,10,20H2,1-3H3,(H,22,23)/t14-,15-,16-,19+/m1/s1. The van der Waals surface area contributed by atoms with Gasteiger partial charge in [-0.05, 0) is 39.7 Å². The number of nitrogens with zero attached hydrogens (tertiary/aromatic N) is 1. The smallest absolute Gasteiger partial charge is 0.407 e. The molecule has 1 aromatic rings. The van der Waals surface area contributed by atoms with Crippen molar-refractivity contribution in [1.82, 2.24) is 10.3 Å². The first-order chi connectivity index (χ1) is 12.2. The molecule has 26 heavy (non-hydrogen) atoms. The number of alkyl carbamates (subject to hydrolysis) is 1. The van der Waals surface area contributed by atoms with E-state index in [4.69, 9.17) is 15.2 Å². The van der Waals surface area contributed by atoms with E-state index in [9.17, 15) is 9.90 Å². The van der Waals surface area contributed by atoms with Crippen LogP contribution in [0.5, 0.6) is 0 Å². The Morgan fingerprint density at radius 2 is 2.23 bits per heavy atom. The average Bonchev–Trinajstić information content (AvgIpc) is 2.54. The summed E-state index contributed by atoms with van der Waals surface area (Å²) in [5.41, 5.74) is 5.76. The van der Waals surface area contributed by atoms with Crippen LogP contribution in [0.3, 0.4) is 0 Å². The lowest BCUT2D eigenvalue weighted by Crippen LogP contribution is -2.64. The molecule has 1 saturated carbocycles. The van der Waals surface area contributed by atoms with E-state index in [2.05, 4.69) is 10.3 Å². The summed E-state index contributed by atoms with van der Waals surface area (Å²) in [4.78, 5) is 16.4. The molecule has 4 atom stereocenters. The van der Waals surface area contributed by atoms with E-state index in [-0.39, 0.29) is 12.2 Å². The van der Waals surface area contributed by atoms with Crippen LogP contribution >= 0.6 is 0 Å². The number of aliphatic hydroxyl groups is 1. The molecular weight excluding hydrogens is 334 g/mol. The van der Waals surface area contributed by atoms with Gasteiger partial charge < -0.3 is 25.6 Å². The monoisotopic (exact) mass is 363 g/mol. The fourth-order valence-electron chi connectivity index (χ4n) is 3.95. The summed E-state index contributed by atoms with van der Waals surface area (Å²) in [6.45, 7) is 5.44. The average molecular weight is 363 g/mol. The minimum atomic E-state index is -1.09. The number of fused-ring (bicyclic) bond motifs is 1. The van der Waals surface area contributed by atoms with Crippen LogP contribution in [0, 0.1) is 0 Å². The van der Waals surface area contributed by atoms with Gasteiger partial charge in [0.1, 0.15) is 11.2 Å². The van der Waals surface area contributed by atoms with Crippen LogP contribution in [0.1, 0.15) is 64.5 Å². The molecule has 1 aliphatic heterocycles. The van der Waals surface area contributed by atoms with Gasteiger partial charge in [-0.2, -0.15) is 0 Å². The summed E-state index contributed by atoms with van der Waals surface area (Å²) < 4.78 is 11.6. The number of amides is 1. The van der Waals surface area contributed by atoms with Crippen molar-refractivity contribution in [2.24, 2.45) is 0 Å². The summed E-state index contributed by atoms with van der Waals surface area (Å²) in [5, 5.41) is 14.2. The fourth-order valence-corrected chi connectivity index (χ4v) is 3.95. The highest BCUT2D eigenvalue weighted by Gasteiger charge is 2.52. The van der Waals surface area contributed by atoms with Gasteiger partial charge in [0.2, 0.25) is 0 Å². The summed E-state index contributed by atoms with van der Waals surface area (Å²) >= 11 is 0. The van der Waals surface area contributed by atoms with Crippen LogP contribution in [-0.2, 0) is 9.47 Å². The number of carbonyl (C=O) groups is 1. The number of pyridine rings is 1. The molecule has 2 fully saturated rings. The highest BCUT2D eigenvalue weighted by Crippen LogP contribution is 2.45. The quantitative estimate of drug-likeness (QED) is 0.746. The normalized spacial score (nSPS) is 31.8. The zero-order chi connectivity index (χ0) is 18.9. The topological polar surface area (TPSA) is 107 Å². The number of hydrogen-bond donors (Lipinski definition) is 3. The molecule has 0 radical (unpaired) electrons. The molecule has 1 amide bonds. The van der Waals surface area contributed by atoms with E-state index in [1.807, 2.05) is 26.8 Å². The number of ether oxygens (including phenoxy) is 2. The maximum Gasteiger partial charge on any atom is 0.407 e. The second-order valence-corrected chi connectivity index (χ2v) is 8.29. The van der Waals surface area contributed by atoms with E-state index in [0.29, 0.717) is 18.5 Å². The van der Waals surface area contributed by atoms with Crippen LogP contribution in [0.2, 0.25) is 0 Å². The van der Waals surface area contributed by atoms with E-state index in [1.165, 1.54) is 0 Å². The molecule has 0 unspecified atom stereocenters. The second kappa shape index (κ2) is 7.04. The van der Waals surface area contributed by atoms with Gasteiger partial charge in [-0.25, -0.2) is 4.79 Å². The molecule has 1 aromatic heterocycles. The lowest BCUT2D eigenvalue weighted by atomic mass is 9.72. The first-order valence-electron chi connectivity index (χ1n) is 9.26. The third-order valence-electron chi connectivity index (χ3n) is 5.16. The Hall–Kier alpha value is -1.86. The fraction of sp³-hybridized carbons (Fsp3) is 0.684. The van der Waals surface area contributed by atoms with Gasteiger partial charge >= 0.3 is 6.09 Å². The van der Waals surface area contributed by atoms with Crippen molar-refractivity contribution >= 4 is 11.8 Å². The third-order valence-corrected chi connectivity index (χ3v) is 5.16. The molecule has 4 N–H and O–H groups in total. The first-order valence-corrected chi connectivity index (χ1v) is 9.26. The molecule has 2 heterocycles. The zero-order valence-electron chi connectivity index (χ0n) is 15.7.